The van der Waals surface area contributed by atoms with E-state index in [4.69, 9.17) is 14.9 Å². The molecule has 7 nitrogen and oxygen atoms in total. The molecule has 3 rings (SSSR count). The van der Waals surface area contributed by atoms with Crippen molar-refractivity contribution in [3.8, 4) is 17.1 Å². The van der Waals surface area contributed by atoms with Crippen molar-refractivity contribution in [3.63, 3.8) is 0 Å². The Morgan fingerprint density at radius 3 is 2.34 bits per heavy atom. The summed E-state index contributed by atoms with van der Waals surface area (Å²) in [5.74, 6) is 1.16. The average Bonchev–Trinajstić information content (AvgIpc) is 3.31. The maximum Gasteiger partial charge on any atom is 0.323 e. The summed E-state index contributed by atoms with van der Waals surface area (Å²) in [6, 6.07) is 12.3. The third-order valence-corrected chi connectivity index (χ3v) is 3.58. The van der Waals surface area contributed by atoms with Crippen molar-refractivity contribution in [2.75, 3.05) is 17.7 Å². The number of carbonyl (C=O) groups excluding carboxylic acids is 1. The Morgan fingerprint density at radius 1 is 1.07 bits per heavy atom. The molecule has 0 spiro atoms. The lowest BCUT2D eigenvalue weighted by Crippen LogP contribution is -2.19. The van der Waals surface area contributed by atoms with Gasteiger partial charge >= 0.3 is 6.03 Å². The van der Waals surface area contributed by atoms with Gasteiger partial charge in [0.25, 0.3) is 0 Å². The number of amides is 2. The molecule has 0 bridgehead atoms. The van der Waals surface area contributed by atoms with E-state index in [-0.39, 0.29) is 6.03 Å². The highest BCUT2D eigenvalue weighted by atomic mass is 16.5. The van der Waals surface area contributed by atoms with Crippen molar-refractivity contribution in [1.29, 1.82) is 0 Å². The zero-order valence-electron chi connectivity index (χ0n) is 17.7. The number of nitrogens with one attached hydrogen (secondary N) is 2. The fourth-order valence-electron chi connectivity index (χ4n) is 2.39. The van der Waals surface area contributed by atoms with Gasteiger partial charge in [-0.1, -0.05) is 39.8 Å². The Kier molecular flexibility index (Phi) is 10.6. The molecule has 2 aromatic carbocycles. The maximum absolute atomic E-state index is 12.2. The number of methoxy groups -OCH3 is 1. The number of rotatable bonds is 5. The molecule has 4 N–H and O–H groups in total. The summed E-state index contributed by atoms with van der Waals surface area (Å²) < 4.78 is 10.6. The van der Waals surface area contributed by atoms with Gasteiger partial charge in [0, 0.05) is 24.0 Å². The van der Waals surface area contributed by atoms with Crippen LogP contribution in [0.5, 0.6) is 5.75 Å². The van der Waals surface area contributed by atoms with Crippen LogP contribution in [-0.4, -0.2) is 18.1 Å². The highest BCUT2D eigenvalue weighted by molar-refractivity contribution is 6.00. The van der Waals surface area contributed by atoms with Gasteiger partial charge in [-0.05, 0) is 29.8 Å². The van der Waals surface area contributed by atoms with E-state index in [0.29, 0.717) is 29.4 Å². The van der Waals surface area contributed by atoms with E-state index in [1.54, 1.807) is 37.6 Å². The Bertz CT molecular complexity index is 864. The standard InChI is InChI=1S/C18H18N4O3.2C2H6/c1-24-16-8-14(5-6-15(16)17-10-20-11-25-17)22-18(23)21-13-4-2-3-12(7-13)9-19;2*1-2/h2-8,10-11H,9,19H2,1H3,(H2,21,22,23);2*1-2H3. The van der Waals surface area contributed by atoms with Crippen LogP contribution in [0.1, 0.15) is 33.3 Å². The lowest BCUT2D eigenvalue weighted by molar-refractivity contribution is 0.262. The van der Waals surface area contributed by atoms with E-state index >= 15 is 0 Å². The number of nitrogens with two attached hydrogens (primary N) is 1. The summed E-state index contributed by atoms with van der Waals surface area (Å²) in [6.07, 6.45) is 2.95. The van der Waals surface area contributed by atoms with Gasteiger partial charge in [-0.3, -0.25) is 0 Å². The van der Waals surface area contributed by atoms with Crippen LogP contribution in [0, 0.1) is 0 Å². The monoisotopic (exact) mass is 398 g/mol. The van der Waals surface area contributed by atoms with Crippen LogP contribution in [0.25, 0.3) is 11.3 Å². The molecule has 7 heteroatoms. The summed E-state index contributed by atoms with van der Waals surface area (Å²) in [7, 11) is 1.55. The van der Waals surface area contributed by atoms with Crippen molar-refractivity contribution >= 4 is 17.4 Å². The smallest absolute Gasteiger partial charge is 0.323 e. The van der Waals surface area contributed by atoms with Gasteiger partial charge in [0.05, 0.1) is 18.9 Å². The third kappa shape index (κ3) is 6.97. The van der Waals surface area contributed by atoms with Gasteiger partial charge in [-0.15, -0.1) is 0 Å². The second-order valence-corrected chi connectivity index (χ2v) is 5.26. The lowest BCUT2D eigenvalue weighted by atomic mass is 10.1. The quantitative estimate of drug-likeness (QED) is 0.526. The first-order valence-electron chi connectivity index (χ1n) is 9.63. The molecule has 2 amide bonds. The largest absolute Gasteiger partial charge is 0.496 e. The maximum atomic E-state index is 12.2. The van der Waals surface area contributed by atoms with E-state index in [1.807, 2.05) is 45.9 Å². The molecule has 0 aliphatic carbocycles. The Morgan fingerprint density at radius 2 is 1.76 bits per heavy atom. The zero-order valence-corrected chi connectivity index (χ0v) is 17.7. The number of anilines is 2. The normalized spacial score (nSPS) is 9.31. The predicted molar refractivity (Wildman–Crippen MR) is 118 cm³/mol. The van der Waals surface area contributed by atoms with Crippen LogP contribution < -0.4 is 21.1 Å². The zero-order chi connectivity index (χ0) is 21.6. The summed E-state index contributed by atoms with van der Waals surface area (Å²) in [5, 5.41) is 5.54. The molecule has 29 heavy (non-hydrogen) atoms. The van der Waals surface area contributed by atoms with Gasteiger partial charge in [-0.25, -0.2) is 9.78 Å². The highest BCUT2D eigenvalue weighted by Crippen LogP contribution is 2.32. The molecule has 0 radical (unpaired) electrons. The van der Waals surface area contributed by atoms with Crippen molar-refractivity contribution in [2.24, 2.45) is 5.73 Å². The molecule has 0 saturated carbocycles. The van der Waals surface area contributed by atoms with Crippen LogP contribution >= 0.6 is 0 Å². The molecule has 1 heterocycles. The summed E-state index contributed by atoms with van der Waals surface area (Å²) >= 11 is 0. The fraction of sp³-hybridized carbons (Fsp3) is 0.273. The number of hydrogen-bond donors (Lipinski definition) is 3. The van der Waals surface area contributed by atoms with Crippen molar-refractivity contribution in [2.45, 2.75) is 34.2 Å². The minimum atomic E-state index is -0.358. The average molecular weight is 399 g/mol. The molecular weight excluding hydrogens is 368 g/mol. The molecule has 0 fully saturated rings. The first kappa shape index (κ1) is 23.7. The number of carbonyl (C=O) groups is 1. The first-order valence-corrected chi connectivity index (χ1v) is 9.63. The van der Waals surface area contributed by atoms with Crippen molar-refractivity contribution < 1.29 is 13.9 Å². The molecule has 0 aliphatic heterocycles. The van der Waals surface area contributed by atoms with Crippen LogP contribution in [0.2, 0.25) is 0 Å². The summed E-state index contributed by atoms with van der Waals surface area (Å²) in [6.45, 7) is 8.41. The number of urea groups is 1. The van der Waals surface area contributed by atoms with Crippen molar-refractivity contribution in [3.05, 3.63) is 60.6 Å². The predicted octanol–water partition coefficient (Wildman–Crippen LogP) is 5.51. The van der Waals surface area contributed by atoms with E-state index < -0.39 is 0 Å². The van der Waals surface area contributed by atoms with E-state index in [9.17, 15) is 4.79 Å². The first-order chi connectivity index (χ1) is 14.2. The number of benzene rings is 2. The number of aromatic nitrogens is 1. The topological polar surface area (TPSA) is 102 Å². The number of hydrogen-bond acceptors (Lipinski definition) is 5. The van der Waals surface area contributed by atoms with Crippen LogP contribution in [0.15, 0.2) is 59.5 Å². The molecule has 0 aliphatic rings. The van der Waals surface area contributed by atoms with Gasteiger partial charge in [0.15, 0.2) is 12.2 Å². The Hall–Kier alpha value is -3.32. The minimum absolute atomic E-state index is 0.358. The van der Waals surface area contributed by atoms with Gasteiger partial charge < -0.3 is 25.5 Å². The summed E-state index contributed by atoms with van der Waals surface area (Å²) in [4.78, 5) is 16.1. The molecule has 0 atom stereocenters. The highest BCUT2D eigenvalue weighted by Gasteiger charge is 2.11. The molecule has 3 aromatic rings. The lowest BCUT2D eigenvalue weighted by Gasteiger charge is -2.11. The Balaban J connectivity index is 0.000000989. The SMILES string of the molecule is CC.CC.COc1cc(NC(=O)Nc2cccc(CN)c2)ccc1-c1cnco1. The Labute approximate surface area is 172 Å². The number of ether oxygens (including phenoxy) is 1. The molecule has 156 valence electrons. The van der Waals surface area contributed by atoms with Crippen LogP contribution in [-0.2, 0) is 6.54 Å². The minimum Gasteiger partial charge on any atom is -0.496 e. The molecular formula is C22H30N4O3. The van der Waals surface area contributed by atoms with Crippen LogP contribution in [0.3, 0.4) is 0 Å². The fourth-order valence-corrected chi connectivity index (χ4v) is 2.39. The van der Waals surface area contributed by atoms with E-state index in [2.05, 4.69) is 15.6 Å². The third-order valence-electron chi connectivity index (χ3n) is 3.58. The number of nitrogens with zero attached hydrogens (tertiary/aromatic N) is 1. The molecule has 0 unspecified atom stereocenters. The second kappa shape index (κ2) is 13.0. The van der Waals surface area contributed by atoms with Crippen molar-refractivity contribution in [1.82, 2.24) is 4.98 Å². The van der Waals surface area contributed by atoms with Gasteiger partial charge in [0.1, 0.15) is 5.75 Å². The molecule has 0 saturated heterocycles. The van der Waals surface area contributed by atoms with E-state index in [1.165, 1.54) is 6.39 Å². The van der Waals surface area contributed by atoms with Crippen LogP contribution in [0.4, 0.5) is 16.2 Å². The number of oxazole rings is 1. The van der Waals surface area contributed by atoms with Gasteiger partial charge in [0.2, 0.25) is 0 Å². The molecule has 1 aromatic heterocycles. The summed E-state index contributed by atoms with van der Waals surface area (Å²) in [5.41, 5.74) is 8.56. The van der Waals surface area contributed by atoms with Gasteiger partial charge in [-0.2, -0.15) is 0 Å². The van der Waals surface area contributed by atoms with E-state index in [0.717, 1.165) is 11.1 Å². The second-order valence-electron chi connectivity index (χ2n) is 5.26.